The summed E-state index contributed by atoms with van der Waals surface area (Å²) in [5, 5.41) is 35.1. The molecule has 7 heteroatoms. The Hall–Kier alpha value is -3.14. The van der Waals surface area contributed by atoms with Crippen LogP contribution < -0.4 is 5.56 Å². The summed E-state index contributed by atoms with van der Waals surface area (Å²) in [4.78, 5) is 13.8. The number of phenolic OH excluding ortho intramolecular Hbond substituents is 1. The molecule has 0 saturated carbocycles. The summed E-state index contributed by atoms with van der Waals surface area (Å²) >= 11 is 0. The van der Waals surface area contributed by atoms with Gasteiger partial charge in [0.05, 0.1) is 5.69 Å². The van der Waals surface area contributed by atoms with Crippen molar-refractivity contribution in [1.29, 1.82) is 5.26 Å². The molecule has 0 unspecified atom stereocenters. The van der Waals surface area contributed by atoms with Crippen molar-refractivity contribution < 1.29 is 10.2 Å². The fourth-order valence-corrected chi connectivity index (χ4v) is 1.58. The highest BCUT2D eigenvalue weighted by Gasteiger charge is 2.13. The maximum Gasteiger partial charge on any atom is 0.278 e. The van der Waals surface area contributed by atoms with E-state index in [1.165, 1.54) is 31.2 Å². The van der Waals surface area contributed by atoms with Crippen LogP contribution >= 0.6 is 0 Å². The molecule has 0 radical (unpaired) electrons. The van der Waals surface area contributed by atoms with Crippen LogP contribution in [0.4, 0.5) is 11.4 Å². The zero-order valence-corrected chi connectivity index (χ0v) is 10.5. The highest BCUT2D eigenvalue weighted by atomic mass is 16.3. The molecule has 0 aliphatic rings. The van der Waals surface area contributed by atoms with Gasteiger partial charge in [-0.3, -0.25) is 9.78 Å². The molecule has 1 aromatic carbocycles. The number of aromatic hydroxyl groups is 2. The van der Waals surface area contributed by atoms with Crippen molar-refractivity contribution in [2.24, 2.45) is 10.2 Å². The monoisotopic (exact) mass is 270 g/mol. The van der Waals surface area contributed by atoms with Gasteiger partial charge in [0.1, 0.15) is 17.4 Å². The van der Waals surface area contributed by atoms with Crippen LogP contribution in [-0.2, 0) is 0 Å². The van der Waals surface area contributed by atoms with Gasteiger partial charge in [-0.05, 0) is 31.2 Å². The van der Waals surface area contributed by atoms with Crippen LogP contribution in [0.25, 0.3) is 0 Å². The molecule has 0 saturated heterocycles. The minimum absolute atomic E-state index is 0.0487. The second-order valence-corrected chi connectivity index (χ2v) is 3.98. The van der Waals surface area contributed by atoms with E-state index in [0.29, 0.717) is 5.69 Å². The summed E-state index contributed by atoms with van der Waals surface area (Å²) in [5.74, 6) is -0.395. The molecule has 2 rings (SSSR count). The van der Waals surface area contributed by atoms with E-state index in [0.717, 1.165) is 0 Å². The number of azo groups is 1. The average Bonchev–Trinajstić information content (AvgIpc) is 2.40. The largest absolute Gasteiger partial charge is 0.508 e. The Balaban J connectivity index is 2.47. The van der Waals surface area contributed by atoms with E-state index >= 15 is 0 Å². The zero-order valence-electron chi connectivity index (χ0n) is 10.5. The molecule has 100 valence electrons. The van der Waals surface area contributed by atoms with E-state index in [1.807, 2.05) is 0 Å². The molecule has 0 bridgehead atoms. The van der Waals surface area contributed by atoms with Gasteiger partial charge in [-0.15, -0.1) is 5.11 Å². The molecule has 0 spiro atoms. The van der Waals surface area contributed by atoms with Crippen LogP contribution in [0.3, 0.4) is 0 Å². The number of hydrogen-bond acceptors (Lipinski definition) is 6. The summed E-state index contributed by atoms with van der Waals surface area (Å²) in [6, 6.07) is 7.69. The van der Waals surface area contributed by atoms with Crippen molar-refractivity contribution in [3.63, 3.8) is 0 Å². The van der Waals surface area contributed by atoms with Crippen LogP contribution in [0.15, 0.2) is 39.3 Å². The number of nitrogens with one attached hydrogen (secondary N) is 1. The van der Waals surface area contributed by atoms with Gasteiger partial charge in [0.15, 0.2) is 5.69 Å². The lowest BCUT2D eigenvalue weighted by Gasteiger charge is -2.02. The van der Waals surface area contributed by atoms with Crippen molar-refractivity contribution in [1.82, 2.24) is 4.98 Å². The molecule has 3 N–H and O–H groups in total. The molecule has 0 amide bonds. The van der Waals surface area contributed by atoms with E-state index in [-0.39, 0.29) is 22.6 Å². The maximum atomic E-state index is 11.7. The molecule has 7 nitrogen and oxygen atoms in total. The first-order valence-corrected chi connectivity index (χ1v) is 5.59. The van der Waals surface area contributed by atoms with E-state index in [1.54, 1.807) is 6.07 Å². The molecular formula is C13H10N4O3. The summed E-state index contributed by atoms with van der Waals surface area (Å²) < 4.78 is 0. The molecule has 0 aliphatic carbocycles. The zero-order chi connectivity index (χ0) is 14.7. The van der Waals surface area contributed by atoms with Gasteiger partial charge in [0, 0.05) is 5.56 Å². The second kappa shape index (κ2) is 5.24. The Bertz CT molecular complexity index is 770. The number of aromatic amines is 1. The maximum absolute atomic E-state index is 11.7. The summed E-state index contributed by atoms with van der Waals surface area (Å²) in [5.41, 5.74) is -0.0531. The highest BCUT2D eigenvalue weighted by Crippen LogP contribution is 2.25. The third kappa shape index (κ3) is 2.49. The molecule has 0 fully saturated rings. The number of rotatable bonds is 2. The van der Waals surface area contributed by atoms with E-state index in [4.69, 9.17) is 10.4 Å². The smallest absolute Gasteiger partial charge is 0.278 e. The average molecular weight is 270 g/mol. The van der Waals surface area contributed by atoms with E-state index < -0.39 is 11.4 Å². The van der Waals surface area contributed by atoms with E-state index in [2.05, 4.69) is 15.2 Å². The quantitative estimate of drug-likeness (QED) is 0.725. The number of hydrogen-bond donors (Lipinski definition) is 3. The number of H-pyrrole nitrogens is 1. The minimum Gasteiger partial charge on any atom is -0.508 e. The predicted octanol–water partition coefficient (Wildman–Crippen LogP) is 2.38. The van der Waals surface area contributed by atoms with Gasteiger partial charge < -0.3 is 10.2 Å². The first-order valence-electron chi connectivity index (χ1n) is 5.59. The Morgan fingerprint density at radius 2 is 1.85 bits per heavy atom. The van der Waals surface area contributed by atoms with Crippen LogP contribution in [-0.4, -0.2) is 15.2 Å². The molecule has 1 aromatic heterocycles. The summed E-state index contributed by atoms with van der Waals surface area (Å²) in [6.07, 6.45) is 0. The lowest BCUT2D eigenvalue weighted by atomic mass is 10.1. The minimum atomic E-state index is -0.637. The van der Waals surface area contributed by atoms with Gasteiger partial charge in [0.2, 0.25) is 5.88 Å². The first-order chi connectivity index (χ1) is 9.52. The van der Waals surface area contributed by atoms with Gasteiger partial charge >= 0.3 is 0 Å². The fraction of sp³-hybridized carbons (Fsp3) is 0.0769. The van der Waals surface area contributed by atoms with Crippen molar-refractivity contribution >= 4 is 11.4 Å². The standard InChI is InChI=1S/C13H10N4O3/c1-7-10(6-14)12(19)15-13(20)11(7)17-16-8-2-4-9(18)5-3-8/h2-5,18H,1H3,(H2,15,19,20). The number of nitrogens with zero attached hydrogens (tertiary/aromatic N) is 3. The summed E-state index contributed by atoms with van der Waals surface area (Å²) in [7, 11) is 0. The Morgan fingerprint density at radius 3 is 2.45 bits per heavy atom. The van der Waals surface area contributed by atoms with Crippen molar-refractivity contribution in [2.45, 2.75) is 6.92 Å². The third-order valence-electron chi connectivity index (χ3n) is 2.64. The van der Waals surface area contributed by atoms with E-state index in [9.17, 15) is 9.90 Å². The van der Waals surface area contributed by atoms with Gasteiger partial charge in [-0.2, -0.15) is 10.4 Å². The van der Waals surface area contributed by atoms with Crippen molar-refractivity contribution in [3.05, 3.63) is 45.7 Å². The number of nitriles is 1. The van der Waals surface area contributed by atoms with Gasteiger partial charge in [-0.25, -0.2) is 0 Å². The highest BCUT2D eigenvalue weighted by molar-refractivity contribution is 5.56. The lowest BCUT2D eigenvalue weighted by Crippen LogP contribution is -2.08. The number of pyridine rings is 1. The van der Waals surface area contributed by atoms with Crippen molar-refractivity contribution in [2.75, 3.05) is 0 Å². The Kier molecular flexibility index (Phi) is 3.48. The predicted molar refractivity (Wildman–Crippen MR) is 70.5 cm³/mol. The van der Waals surface area contributed by atoms with Crippen LogP contribution in [0, 0.1) is 18.3 Å². The molecule has 0 atom stereocenters. The Labute approximate surface area is 113 Å². The number of aromatic nitrogens is 1. The third-order valence-corrected chi connectivity index (χ3v) is 2.64. The first kappa shape index (κ1) is 13.3. The molecule has 1 heterocycles. The number of benzene rings is 1. The van der Waals surface area contributed by atoms with Crippen LogP contribution in [0.1, 0.15) is 11.1 Å². The molecule has 2 aromatic rings. The second-order valence-electron chi connectivity index (χ2n) is 3.98. The topological polar surface area (TPSA) is 122 Å². The lowest BCUT2D eigenvalue weighted by molar-refractivity contribution is 0.449. The molecule has 20 heavy (non-hydrogen) atoms. The molecule has 0 aliphatic heterocycles. The molecular weight excluding hydrogens is 260 g/mol. The summed E-state index contributed by atoms with van der Waals surface area (Å²) in [6.45, 7) is 1.50. The van der Waals surface area contributed by atoms with Crippen LogP contribution in [0.2, 0.25) is 0 Å². The fourth-order valence-electron chi connectivity index (χ4n) is 1.58. The Morgan fingerprint density at radius 1 is 1.20 bits per heavy atom. The van der Waals surface area contributed by atoms with Crippen molar-refractivity contribution in [3.8, 4) is 17.7 Å². The normalized spacial score (nSPS) is 10.6. The SMILES string of the molecule is Cc1c(C#N)c(O)[nH]c(=O)c1N=Nc1ccc(O)cc1. The van der Waals surface area contributed by atoms with Gasteiger partial charge in [-0.1, -0.05) is 0 Å². The van der Waals surface area contributed by atoms with Crippen LogP contribution in [0.5, 0.6) is 11.6 Å². The number of phenols is 1. The van der Waals surface area contributed by atoms with Gasteiger partial charge in [0.25, 0.3) is 5.56 Å².